The van der Waals surface area contributed by atoms with Gasteiger partial charge in [0.1, 0.15) is 17.8 Å². The van der Waals surface area contributed by atoms with E-state index in [1.165, 1.54) is 6.92 Å². The minimum absolute atomic E-state index is 0.0545. The van der Waals surface area contributed by atoms with Crippen molar-refractivity contribution in [3.8, 4) is 16.9 Å². The summed E-state index contributed by atoms with van der Waals surface area (Å²) in [6.45, 7) is 5.90. The fourth-order valence-electron chi connectivity index (χ4n) is 3.19. The Labute approximate surface area is 173 Å². The molecule has 1 aliphatic heterocycles. The Morgan fingerprint density at radius 3 is 2.62 bits per heavy atom. The zero-order valence-corrected chi connectivity index (χ0v) is 17.3. The zero-order chi connectivity index (χ0) is 21.1. The van der Waals surface area contributed by atoms with Gasteiger partial charge >= 0.3 is 0 Å². The van der Waals surface area contributed by atoms with Gasteiger partial charge in [0.05, 0.1) is 10.7 Å². The molecule has 8 heteroatoms. The number of nitrogen functional groups attached to an aromatic ring is 1. The van der Waals surface area contributed by atoms with Gasteiger partial charge in [-0.3, -0.25) is 4.98 Å². The number of halogens is 3. The summed E-state index contributed by atoms with van der Waals surface area (Å²) in [6.07, 6.45) is 2.58. The average molecular weight is 421 g/mol. The van der Waals surface area contributed by atoms with Crippen LogP contribution in [0.3, 0.4) is 0 Å². The van der Waals surface area contributed by atoms with Crippen LogP contribution in [0, 0.1) is 0 Å². The number of nitrogens with one attached hydrogen (secondary N) is 1. The van der Waals surface area contributed by atoms with E-state index in [4.69, 9.17) is 22.1 Å². The van der Waals surface area contributed by atoms with Gasteiger partial charge in [-0.15, -0.1) is 0 Å². The molecule has 0 spiro atoms. The van der Waals surface area contributed by atoms with Gasteiger partial charge in [0.15, 0.2) is 11.6 Å². The van der Waals surface area contributed by atoms with Crippen molar-refractivity contribution in [1.82, 2.24) is 15.3 Å². The fraction of sp³-hybridized carbons (Fsp3) is 0.333. The second kappa shape index (κ2) is 8.88. The standard InChI is InChI=1S/C21H23ClF2N4O/c1-4-16(24)20(22)19(11(2)23)12(3)29-18-6-14(9-28-21(18)25)13-5-15-7-26-10-17(15)27-8-13/h5-6,8-9,12,26H,4,7,10H2,1-3H3,(H2,25,28). The molecule has 0 aliphatic carbocycles. The normalized spacial score (nSPS) is 16.1. The van der Waals surface area contributed by atoms with Crippen molar-refractivity contribution in [1.29, 1.82) is 0 Å². The SMILES string of the molecule is CCC(F)=C(Cl)C(=C(C)F)C(C)Oc1cc(-c2cnc3c(c2)CNC3)cnc1N. The lowest BCUT2D eigenvalue weighted by molar-refractivity contribution is 0.256. The van der Waals surface area contributed by atoms with E-state index in [-0.39, 0.29) is 28.6 Å². The maximum absolute atomic E-state index is 14.1. The molecule has 3 heterocycles. The van der Waals surface area contributed by atoms with Crippen molar-refractivity contribution in [3.05, 3.63) is 58.0 Å². The molecule has 1 unspecified atom stereocenters. The first-order chi connectivity index (χ1) is 13.8. The van der Waals surface area contributed by atoms with Gasteiger partial charge in [-0.05, 0) is 38.0 Å². The molecular weight excluding hydrogens is 398 g/mol. The van der Waals surface area contributed by atoms with Crippen molar-refractivity contribution in [3.63, 3.8) is 0 Å². The number of nitrogens with zero attached hydrogens (tertiary/aromatic N) is 2. The van der Waals surface area contributed by atoms with Crippen LogP contribution in [0.1, 0.15) is 38.4 Å². The van der Waals surface area contributed by atoms with Crippen molar-refractivity contribution in [2.24, 2.45) is 0 Å². The summed E-state index contributed by atoms with van der Waals surface area (Å²) in [5.74, 6) is -0.826. The van der Waals surface area contributed by atoms with Gasteiger partial charge < -0.3 is 15.8 Å². The number of anilines is 1. The van der Waals surface area contributed by atoms with E-state index in [2.05, 4.69) is 15.3 Å². The molecule has 29 heavy (non-hydrogen) atoms. The number of hydrogen-bond acceptors (Lipinski definition) is 5. The van der Waals surface area contributed by atoms with Crippen LogP contribution in [-0.4, -0.2) is 16.1 Å². The topological polar surface area (TPSA) is 73.1 Å². The molecule has 0 saturated carbocycles. The first kappa shape index (κ1) is 21.2. The van der Waals surface area contributed by atoms with E-state index in [0.29, 0.717) is 0 Å². The number of nitrogens with two attached hydrogens (primary N) is 1. The van der Waals surface area contributed by atoms with Crippen LogP contribution in [0.2, 0.25) is 0 Å². The minimum Gasteiger partial charge on any atom is -0.482 e. The second-order valence-electron chi connectivity index (χ2n) is 6.82. The number of hydrogen-bond donors (Lipinski definition) is 2. The highest BCUT2D eigenvalue weighted by atomic mass is 35.5. The van der Waals surface area contributed by atoms with Crippen LogP contribution in [0.5, 0.6) is 5.75 Å². The van der Waals surface area contributed by atoms with Crippen LogP contribution in [0.25, 0.3) is 11.1 Å². The second-order valence-corrected chi connectivity index (χ2v) is 7.20. The van der Waals surface area contributed by atoms with Gasteiger partial charge in [-0.1, -0.05) is 18.5 Å². The maximum atomic E-state index is 14.1. The van der Waals surface area contributed by atoms with Crippen molar-refractivity contribution in [2.45, 2.75) is 46.4 Å². The summed E-state index contributed by atoms with van der Waals surface area (Å²) in [5.41, 5.74) is 9.67. The third kappa shape index (κ3) is 4.57. The number of allylic oxidation sites excluding steroid dienone is 2. The molecule has 2 aromatic heterocycles. The Balaban J connectivity index is 1.91. The summed E-state index contributed by atoms with van der Waals surface area (Å²) in [5, 5.41) is 2.97. The summed E-state index contributed by atoms with van der Waals surface area (Å²) in [4.78, 5) is 8.65. The molecule has 154 valence electrons. The zero-order valence-electron chi connectivity index (χ0n) is 16.5. The number of aromatic nitrogens is 2. The summed E-state index contributed by atoms with van der Waals surface area (Å²) in [6, 6.07) is 3.75. The van der Waals surface area contributed by atoms with Crippen LogP contribution in [-0.2, 0) is 13.1 Å². The largest absolute Gasteiger partial charge is 0.482 e. The Bertz CT molecular complexity index is 987. The van der Waals surface area contributed by atoms with Crippen LogP contribution < -0.4 is 15.8 Å². The first-order valence-electron chi connectivity index (χ1n) is 9.33. The molecule has 0 fully saturated rings. The molecule has 5 nitrogen and oxygen atoms in total. The third-order valence-corrected chi connectivity index (χ3v) is 5.16. The Morgan fingerprint density at radius 1 is 1.24 bits per heavy atom. The Kier molecular flexibility index (Phi) is 6.49. The lowest BCUT2D eigenvalue weighted by Crippen LogP contribution is -2.18. The lowest BCUT2D eigenvalue weighted by atomic mass is 10.1. The van der Waals surface area contributed by atoms with E-state index < -0.39 is 17.8 Å². The van der Waals surface area contributed by atoms with Gasteiger partial charge in [-0.2, -0.15) is 0 Å². The van der Waals surface area contributed by atoms with E-state index in [0.717, 1.165) is 35.5 Å². The number of fused-ring (bicyclic) bond motifs is 1. The molecule has 0 radical (unpaired) electrons. The minimum atomic E-state index is -0.869. The van der Waals surface area contributed by atoms with E-state index >= 15 is 0 Å². The lowest BCUT2D eigenvalue weighted by Gasteiger charge is -2.20. The maximum Gasteiger partial charge on any atom is 0.166 e. The van der Waals surface area contributed by atoms with Crippen molar-refractivity contribution >= 4 is 17.4 Å². The van der Waals surface area contributed by atoms with Gasteiger partial charge in [0, 0.05) is 42.2 Å². The molecular formula is C21H23ClF2N4O. The quantitative estimate of drug-likeness (QED) is 0.631. The summed E-state index contributed by atoms with van der Waals surface area (Å²) < 4.78 is 33.9. The molecule has 2 aromatic rings. The predicted octanol–water partition coefficient (Wildman–Crippen LogP) is 5.17. The third-order valence-electron chi connectivity index (χ3n) is 4.75. The number of ether oxygens (including phenoxy) is 1. The summed E-state index contributed by atoms with van der Waals surface area (Å²) >= 11 is 6.04. The predicted molar refractivity (Wildman–Crippen MR) is 111 cm³/mol. The molecule has 3 rings (SSSR count). The van der Waals surface area contributed by atoms with Gasteiger partial charge in [0.25, 0.3) is 0 Å². The monoisotopic (exact) mass is 420 g/mol. The summed E-state index contributed by atoms with van der Waals surface area (Å²) in [7, 11) is 0. The van der Waals surface area contributed by atoms with Crippen LogP contribution in [0.15, 0.2) is 46.8 Å². The Morgan fingerprint density at radius 2 is 1.93 bits per heavy atom. The average Bonchev–Trinajstić information content (AvgIpc) is 3.16. The first-order valence-corrected chi connectivity index (χ1v) is 9.71. The molecule has 3 N–H and O–H groups in total. The highest BCUT2D eigenvalue weighted by Crippen LogP contribution is 2.33. The highest BCUT2D eigenvalue weighted by molar-refractivity contribution is 6.32. The van der Waals surface area contributed by atoms with Crippen molar-refractivity contribution in [2.75, 3.05) is 5.73 Å². The molecule has 0 amide bonds. The van der Waals surface area contributed by atoms with Gasteiger partial charge in [-0.25, -0.2) is 13.8 Å². The van der Waals surface area contributed by atoms with Crippen molar-refractivity contribution < 1.29 is 13.5 Å². The van der Waals surface area contributed by atoms with Crippen LogP contribution >= 0.6 is 11.6 Å². The molecule has 1 atom stereocenters. The van der Waals surface area contributed by atoms with E-state index in [1.807, 2.05) is 6.07 Å². The Hall–Kier alpha value is -2.51. The van der Waals surface area contributed by atoms with Crippen LogP contribution in [0.4, 0.5) is 14.6 Å². The number of pyridine rings is 2. The van der Waals surface area contributed by atoms with Gasteiger partial charge in [0.2, 0.25) is 0 Å². The number of rotatable bonds is 6. The molecule has 0 saturated heterocycles. The highest BCUT2D eigenvalue weighted by Gasteiger charge is 2.22. The fourth-order valence-corrected chi connectivity index (χ4v) is 3.61. The molecule has 0 aromatic carbocycles. The molecule has 1 aliphatic rings. The van der Waals surface area contributed by atoms with E-state index in [9.17, 15) is 8.78 Å². The van der Waals surface area contributed by atoms with E-state index in [1.54, 1.807) is 32.3 Å². The molecule has 0 bridgehead atoms. The smallest absolute Gasteiger partial charge is 0.166 e.